The molecule has 1 atom stereocenters. The summed E-state index contributed by atoms with van der Waals surface area (Å²) in [5, 5.41) is 0. The van der Waals surface area contributed by atoms with Crippen LogP contribution in [0.25, 0.3) is 0 Å². The third kappa shape index (κ3) is 2.17. The number of hydrogen-bond donors (Lipinski definition) is 1. The highest BCUT2D eigenvalue weighted by Crippen LogP contribution is 2.44. The first kappa shape index (κ1) is 11.7. The highest BCUT2D eigenvalue weighted by molar-refractivity contribution is 5.13. The normalized spacial score (nSPS) is 21.9. The highest BCUT2D eigenvalue weighted by Gasteiger charge is 2.35. The molecule has 0 spiro atoms. The molecule has 2 N–H and O–H groups in total. The summed E-state index contributed by atoms with van der Waals surface area (Å²) in [6, 6.07) is 4.18. The van der Waals surface area contributed by atoms with E-state index in [2.05, 4.69) is 26.0 Å². The molecule has 2 nitrogen and oxygen atoms in total. The van der Waals surface area contributed by atoms with E-state index in [-0.39, 0.29) is 11.5 Å². The summed E-state index contributed by atoms with van der Waals surface area (Å²) in [4.78, 5) is 0. The van der Waals surface area contributed by atoms with Gasteiger partial charge in [0.1, 0.15) is 11.5 Å². The van der Waals surface area contributed by atoms with Crippen LogP contribution in [-0.4, -0.2) is 0 Å². The van der Waals surface area contributed by atoms with Crippen molar-refractivity contribution in [2.24, 2.45) is 11.1 Å². The summed E-state index contributed by atoms with van der Waals surface area (Å²) in [6.45, 7) is 4.42. The van der Waals surface area contributed by atoms with Crippen LogP contribution in [0.4, 0.5) is 0 Å². The zero-order valence-corrected chi connectivity index (χ0v) is 10.5. The van der Waals surface area contributed by atoms with Crippen LogP contribution in [0.1, 0.15) is 63.5 Å². The summed E-state index contributed by atoms with van der Waals surface area (Å²) in [5.41, 5.74) is 6.62. The minimum Gasteiger partial charge on any atom is -0.464 e. The van der Waals surface area contributed by atoms with E-state index in [1.54, 1.807) is 0 Å². The Morgan fingerprint density at radius 2 is 2.00 bits per heavy atom. The molecule has 1 fully saturated rings. The molecule has 1 aromatic heterocycles. The second kappa shape index (κ2) is 4.62. The van der Waals surface area contributed by atoms with E-state index >= 15 is 0 Å². The molecule has 0 radical (unpaired) electrons. The topological polar surface area (TPSA) is 39.2 Å². The second-order valence-corrected chi connectivity index (χ2v) is 5.35. The smallest absolute Gasteiger partial charge is 0.121 e. The second-order valence-electron chi connectivity index (χ2n) is 5.35. The summed E-state index contributed by atoms with van der Waals surface area (Å²) in [6.07, 6.45) is 7.40. The highest BCUT2D eigenvalue weighted by atomic mass is 16.3. The number of nitrogens with two attached hydrogens (primary N) is 1. The minimum atomic E-state index is 0.0631. The lowest BCUT2D eigenvalue weighted by atomic mass is 9.70. The maximum atomic E-state index is 6.38. The van der Waals surface area contributed by atoms with Gasteiger partial charge in [0.15, 0.2) is 0 Å². The third-order valence-corrected chi connectivity index (χ3v) is 4.08. The maximum Gasteiger partial charge on any atom is 0.121 e. The SMILES string of the molecule is CCc1ccc(C(N)C2(C)CCCCC2)o1. The summed E-state index contributed by atoms with van der Waals surface area (Å²) < 4.78 is 5.79. The van der Waals surface area contributed by atoms with Gasteiger partial charge in [-0.2, -0.15) is 0 Å². The summed E-state index contributed by atoms with van der Waals surface area (Å²) in [7, 11) is 0. The number of hydrogen-bond acceptors (Lipinski definition) is 2. The molecule has 90 valence electrons. The molecule has 0 saturated heterocycles. The lowest BCUT2D eigenvalue weighted by Crippen LogP contribution is -2.33. The van der Waals surface area contributed by atoms with Crippen LogP contribution in [0, 0.1) is 5.41 Å². The standard InChI is InChI=1S/C14H23NO/c1-3-11-7-8-12(16-11)13(15)14(2)9-5-4-6-10-14/h7-8,13H,3-6,9-10,15H2,1-2H3. The molecule has 1 aromatic rings. The Hall–Kier alpha value is -0.760. The van der Waals surface area contributed by atoms with Crippen molar-refractivity contribution in [1.29, 1.82) is 0 Å². The van der Waals surface area contributed by atoms with E-state index in [1.807, 2.05) is 0 Å². The molecule has 1 heterocycles. The summed E-state index contributed by atoms with van der Waals surface area (Å²) in [5.74, 6) is 2.02. The third-order valence-electron chi connectivity index (χ3n) is 4.08. The van der Waals surface area contributed by atoms with Gasteiger partial charge in [-0.05, 0) is 30.4 Å². The fourth-order valence-electron chi connectivity index (χ4n) is 2.77. The van der Waals surface area contributed by atoms with Gasteiger partial charge in [0.25, 0.3) is 0 Å². The molecule has 1 aliphatic carbocycles. The van der Waals surface area contributed by atoms with Crippen molar-refractivity contribution < 1.29 is 4.42 Å². The molecular formula is C14H23NO. The quantitative estimate of drug-likeness (QED) is 0.843. The molecule has 16 heavy (non-hydrogen) atoms. The lowest BCUT2D eigenvalue weighted by Gasteiger charge is -2.37. The molecule has 1 aliphatic rings. The Balaban J connectivity index is 2.13. The van der Waals surface area contributed by atoms with Gasteiger partial charge in [0, 0.05) is 6.42 Å². The molecule has 0 aromatic carbocycles. The van der Waals surface area contributed by atoms with Crippen molar-refractivity contribution in [2.45, 2.75) is 58.4 Å². The van der Waals surface area contributed by atoms with E-state index in [1.165, 1.54) is 32.1 Å². The predicted octanol–water partition coefficient (Wildman–Crippen LogP) is 3.81. The minimum absolute atomic E-state index is 0.0631. The average molecular weight is 221 g/mol. The first-order valence-electron chi connectivity index (χ1n) is 6.50. The molecule has 2 heteroatoms. The molecular weight excluding hydrogens is 198 g/mol. The molecule has 0 amide bonds. The van der Waals surface area contributed by atoms with Gasteiger partial charge >= 0.3 is 0 Å². The Bertz CT molecular complexity index is 336. The molecule has 2 rings (SSSR count). The van der Waals surface area contributed by atoms with Crippen LogP contribution in [0.5, 0.6) is 0 Å². The van der Waals surface area contributed by atoms with Crippen molar-refractivity contribution in [1.82, 2.24) is 0 Å². The van der Waals surface area contributed by atoms with Gasteiger partial charge in [-0.1, -0.05) is 33.1 Å². The van der Waals surface area contributed by atoms with E-state index in [9.17, 15) is 0 Å². The molecule has 0 bridgehead atoms. The van der Waals surface area contributed by atoms with Crippen LogP contribution >= 0.6 is 0 Å². The van der Waals surface area contributed by atoms with Crippen LogP contribution in [0.15, 0.2) is 16.5 Å². The van der Waals surface area contributed by atoms with E-state index in [0.29, 0.717) is 0 Å². The predicted molar refractivity (Wildman–Crippen MR) is 66.2 cm³/mol. The maximum absolute atomic E-state index is 6.38. The van der Waals surface area contributed by atoms with E-state index < -0.39 is 0 Å². The monoisotopic (exact) mass is 221 g/mol. The van der Waals surface area contributed by atoms with Crippen LogP contribution in [0.3, 0.4) is 0 Å². The van der Waals surface area contributed by atoms with Gasteiger partial charge in [-0.3, -0.25) is 0 Å². The van der Waals surface area contributed by atoms with E-state index in [0.717, 1.165) is 17.9 Å². The lowest BCUT2D eigenvalue weighted by molar-refractivity contribution is 0.154. The van der Waals surface area contributed by atoms with Gasteiger partial charge in [0.2, 0.25) is 0 Å². The van der Waals surface area contributed by atoms with Crippen molar-refractivity contribution in [2.75, 3.05) is 0 Å². The Morgan fingerprint density at radius 3 is 2.56 bits per heavy atom. The first-order chi connectivity index (χ1) is 7.65. The van der Waals surface area contributed by atoms with Gasteiger partial charge in [-0.25, -0.2) is 0 Å². The van der Waals surface area contributed by atoms with Crippen molar-refractivity contribution in [3.8, 4) is 0 Å². The van der Waals surface area contributed by atoms with Crippen LogP contribution in [0.2, 0.25) is 0 Å². The molecule has 1 saturated carbocycles. The van der Waals surface area contributed by atoms with Crippen molar-refractivity contribution in [3.05, 3.63) is 23.7 Å². The Morgan fingerprint density at radius 1 is 1.31 bits per heavy atom. The summed E-state index contributed by atoms with van der Waals surface area (Å²) >= 11 is 0. The zero-order valence-electron chi connectivity index (χ0n) is 10.5. The molecule has 0 aliphatic heterocycles. The van der Waals surface area contributed by atoms with Crippen LogP contribution < -0.4 is 5.73 Å². The van der Waals surface area contributed by atoms with Crippen LogP contribution in [-0.2, 0) is 6.42 Å². The van der Waals surface area contributed by atoms with Crippen molar-refractivity contribution in [3.63, 3.8) is 0 Å². The van der Waals surface area contributed by atoms with Gasteiger partial charge in [0.05, 0.1) is 6.04 Å². The zero-order chi connectivity index (χ0) is 11.6. The number of aryl methyl sites for hydroxylation is 1. The number of rotatable bonds is 3. The fraction of sp³-hybridized carbons (Fsp3) is 0.714. The van der Waals surface area contributed by atoms with Crippen molar-refractivity contribution >= 4 is 0 Å². The largest absolute Gasteiger partial charge is 0.464 e. The number of furan rings is 1. The Kier molecular flexibility index (Phi) is 3.38. The Labute approximate surface area is 98.2 Å². The first-order valence-corrected chi connectivity index (χ1v) is 6.50. The van der Waals surface area contributed by atoms with Gasteiger partial charge in [-0.15, -0.1) is 0 Å². The average Bonchev–Trinajstić information content (AvgIpc) is 2.77. The fourth-order valence-corrected chi connectivity index (χ4v) is 2.77. The van der Waals surface area contributed by atoms with Gasteiger partial charge < -0.3 is 10.2 Å². The van der Waals surface area contributed by atoms with E-state index in [4.69, 9.17) is 10.2 Å². The molecule has 1 unspecified atom stereocenters.